The summed E-state index contributed by atoms with van der Waals surface area (Å²) in [5.74, 6) is 1.21. The number of hydrogen-bond acceptors (Lipinski definition) is 4. The summed E-state index contributed by atoms with van der Waals surface area (Å²) in [6.45, 7) is 1.93. The lowest BCUT2D eigenvalue weighted by Crippen LogP contribution is -2.20. The number of aryl methyl sites for hydroxylation is 2. The van der Waals surface area contributed by atoms with Crippen LogP contribution in [0.3, 0.4) is 0 Å². The number of amides is 1. The molecular weight excluding hydrogens is 304 g/mol. The van der Waals surface area contributed by atoms with Crippen LogP contribution in [-0.4, -0.2) is 27.3 Å². The number of nitrogens with one attached hydrogen (secondary N) is 1. The first-order valence-corrected chi connectivity index (χ1v) is 7.55. The zero-order valence-corrected chi connectivity index (χ0v) is 13.6. The Hall–Kier alpha value is -3.15. The average molecular weight is 322 g/mol. The van der Waals surface area contributed by atoms with E-state index in [-0.39, 0.29) is 12.5 Å². The second-order valence-corrected chi connectivity index (χ2v) is 5.44. The quantitative estimate of drug-likeness (QED) is 0.784. The van der Waals surface area contributed by atoms with Crippen LogP contribution in [0.5, 0.6) is 5.75 Å². The van der Waals surface area contributed by atoms with Crippen LogP contribution in [-0.2, 0) is 11.8 Å². The van der Waals surface area contributed by atoms with Crippen molar-refractivity contribution in [2.45, 2.75) is 6.92 Å². The predicted molar refractivity (Wildman–Crippen MR) is 91.7 cm³/mol. The normalized spacial score (nSPS) is 10.4. The first-order valence-electron chi connectivity index (χ1n) is 7.55. The number of nitrogens with zero attached hydrogens (tertiary/aromatic N) is 3. The Kier molecular flexibility index (Phi) is 4.56. The fraction of sp³-hybridized carbons (Fsp3) is 0.167. The van der Waals surface area contributed by atoms with Gasteiger partial charge in [0.1, 0.15) is 12.1 Å². The van der Waals surface area contributed by atoms with Crippen LogP contribution in [0.2, 0.25) is 0 Å². The highest BCUT2D eigenvalue weighted by Crippen LogP contribution is 2.20. The summed E-state index contributed by atoms with van der Waals surface area (Å²) in [6, 6.07) is 15.0. The van der Waals surface area contributed by atoms with Crippen molar-refractivity contribution < 1.29 is 9.53 Å². The van der Waals surface area contributed by atoms with Gasteiger partial charge in [0, 0.05) is 18.3 Å². The van der Waals surface area contributed by atoms with Crippen molar-refractivity contribution >= 4 is 11.6 Å². The molecule has 1 heterocycles. The summed E-state index contributed by atoms with van der Waals surface area (Å²) in [6.07, 6.45) is 1.51. The molecule has 0 aliphatic carbocycles. The van der Waals surface area contributed by atoms with Crippen molar-refractivity contribution in [3.63, 3.8) is 0 Å². The van der Waals surface area contributed by atoms with Crippen LogP contribution in [0.4, 0.5) is 5.69 Å². The average Bonchev–Trinajstić information content (AvgIpc) is 2.99. The van der Waals surface area contributed by atoms with E-state index in [1.54, 1.807) is 4.68 Å². The second kappa shape index (κ2) is 6.95. The fourth-order valence-corrected chi connectivity index (χ4v) is 2.33. The zero-order valence-electron chi connectivity index (χ0n) is 13.6. The van der Waals surface area contributed by atoms with Gasteiger partial charge >= 0.3 is 0 Å². The standard InChI is InChI=1S/C18H18N4O2/c1-13-4-3-5-15(10-13)21-17(23)11-24-16-8-6-14(7-9-16)18-19-12-20-22(18)2/h3-10,12H,11H2,1-2H3,(H,21,23). The Morgan fingerprint density at radius 2 is 2.00 bits per heavy atom. The van der Waals surface area contributed by atoms with Gasteiger partial charge in [-0.15, -0.1) is 0 Å². The highest BCUT2D eigenvalue weighted by atomic mass is 16.5. The van der Waals surface area contributed by atoms with Gasteiger partial charge in [0.15, 0.2) is 12.4 Å². The third-order valence-electron chi connectivity index (χ3n) is 3.50. The minimum Gasteiger partial charge on any atom is -0.484 e. The fourth-order valence-electron chi connectivity index (χ4n) is 2.33. The number of anilines is 1. The maximum Gasteiger partial charge on any atom is 0.262 e. The number of carbonyl (C=O) groups is 1. The second-order valence-electron chi connectivity index (χ2n) is 5.44. The van der Waals surface area contributed by atoms with E-state index in [1.807, 2.05) is 62.5 Å². The molecule has 24 heavy (non-hydrogen) atoms. The molecule has 0 aliphatic heterocycles. The zero-order chi connectivity index (χ0) is 16.9. The number of rotatable bonds is 5. The molecule has 0 aliphatic rings. The van der Waals surface area contributed by atoms with Gasteiger partial charge < -0.3 is 10.1 Å². The lowest BCUT2D eigenvalue weighted by molar-refractivity contribution is -0.118. The molecule has 0 saturated carbocycles. The van der Waals surface area contributed by atoms with E-state index in [0.717, 1.165) is 22.6 Å². The topological polar surface area (TPSA) is 69.0 Å². The van der Waals surface area contributed by atoms with Gasteiger partial charge in [-0.1, -0.05) is 12.1 Å². The first kappa shape index (κ1) is 15.7. The molecular formula is C18H18N4O2. The van der Waals surface area contributed by atoms with E-state index in [9.17, 15) is 4.79 Å². The number of hydrogen-bond donors (Lipinski definition) is 1. The van der Waals surface area contributed by atoms with E-state index < -0.39 is 0 Å². The summed E-state index contributed by atoms with van der Waals surface area (Å²) in [5.41, 5.74) is 2.79. The van der Waals surface area contributed by atoms with Gasteiger partial charge in [0.05, 0.1) is 0 Å². The van der Waals surface area contributed by atoms with Gasteiger partial charge in [-0.25, -0.2) is 9.67 Å². The lowest BCUT2D eigenvalue weighted by Gasteiger charge is -2.08. The largest absolute Gasteiger partial charge is 0.484 e. The van der Waals surface area contributed by atoms with E-state index in [0.29, 0.717) is 5.75 Å². The van der Waals surface area contributed by atoms with Crippen LogP contribution in [0, 0.1) is 6.92 Å². The van der Waals surface area contributed by atoms with Crippen LogP contribution in [0.15, 0.2) is 54.9 Å². The Morgan fingerprint density at radius 3 is 2.67 bits per heavy atom. The predicted octanol–water partition coefficient (Wildman–Crippen LogP) is 2.81. The molecule has 0 saturated heterocycles. The van der Waals surface area contributed by atoms with Crippen molar-refractivity contribution in [3.05, 3.63) is 60.4 Å². The maximum atomic E-state index is 11.9. The van der Waals surface area contributed by atoms with E-state index >= 15 is 0 Å². The van der Waals surface area contributed by atoms with E-state index in [4.69, 9.17) is 4.74 Å². The maximum absolute atomic E-state index is 11.9. The Morgan fingerprint density at radius 1 is 1.21 bits per heavy atom. The minimum absolute atomic E-state index is 0.0444. The molecule has 1 N–H and O–H groups in total. The summed E-state index contributed by atoms with van der Waals surface area (Å²) < 4.78 is 7.22. The molecule has 2 aromatic carbocycles. The number of carbonyl (C=O) groups excluding carboxylic acids is 1. The van der Waals surface area contributed by atoms with Crippen LogP contribution >= 0.6 is 0 Å². The van der Waals surface area contributed by atoms with Crippen LogP contribution in [0.25, 0.3) is 11.4 Å². The highest BCUT2D eigenvalue weighted by Gasteiger charge is 2.06. The van der Waals surface area contributed by atoms with Gasteiger partial charge in [-0.3, -0.25) is 4.79 Å². The summed E-state index contributed by atoms with van der Waals surface area (Å²) in [5, 5.41) is 6.85. The number of ether oxygens (including phenoxy) is 1. The van der Waals surface area contributed by atoms with E-state index in [1.165, 1.54) is 6.33 Å². The van der Waals surface area contributed by atoms with E-state index in [2.05, 4.69) is 15.4 Å². The third-order valence-corrected chi connectivity index (χ3v) is 3.50. The summed E-state index contributed by atoms with van der Waals surface area (Å²) >= 11 is 0. The molecule has 122 valence electrons. The Bertz CT molecular complexity index is 840. The highest BCUT2D eigenvalue weighted by molar-refractivity contribution is 5.91. The monoisotopic (exact) mass is 322 g/mol. The van der Waals surface area contributed by atoms with Crippen molar-refractivity contribution in [2.24, 2.45) is 7.05 Å². The van der Waals surface area contributed by atoms with Crippen molar-refractivity contribution in [3.8, 4) is 17.1 Å². The molecule has 1 aromatic heterocycles. The molecule has 0 unspecified atom stereocenters. The molecule has 6 nitrogen and oxygen atoms in total. The molecule has 3 aromatic rings. The SMILES string of the molecule is Cc1cccc(NC(=O)COc2ccc(-c3ncnn3C)cc2)c1. The van der Waals surface area contributed by atoms with Gasteiger partial charge in [-0.05, 0) is 48.9 Å². The third kappa shape index (κ3) is 3.78. The van der Waals surface area contributed by atoms with Crippen LogP contribution < -0.4 is 10.1 Å². The molecule has 0 atom stereocenters. The minimum atomic E-state index is -0.196. The molecule has 3 rings (SSSR count). The number of benzene rings is 2. The molecule has 0 bridgehead atoms. The Balaban J connectivity index is 1.57. The lowest BCUT2D eigenvalue weighted by atomic mass is 10.2. The van der Waals surface area contributed by atoms with Crippen molar-refractivity contribution in [1.82, 2.24) is 14.8 Å². The molecule has 1 amide bonds. The molecule has 6 heteroatoms. The van der Waals surface area contributed by atoms with Crippen molar-refractivity contribution in [1.29, 1.82) is 0 Å². The van der Waals surface area contributed by atoms with Crippen molar-refractivity contribution in [2.75, 3.05) is 11.9 Å². The first-order chi connectivity index (χ1) is 11.6. The summed E-state index contributed by atoms with van der Waals surface area (Å²) in [4.78, 5) is 16.1. The van der Waals surface area contributed by atoms with Crippen LogP contribution in [0.1, 0.15) is 5.56 Å². The van der Waals surface area contributed by atoms with Gasteiger partial charge in [0.25, 0.3) is 5.91 Å². The summed E-state index contributed by atoms with van der Waals surface area (Å²) in [7, 11) is 1.84. The molecule has 0 fully saturated rings. The Labute approximate surface area is 140 Å². The smallest absolute Gasteiger partial charge is 0.262 e. The molecule has 0 spiro atoms. The molecule has 0 radical (unpaired) electrons. The van der Waals surface area contributed by atoms with Gasteiger partial charge in [0.2, 0.25) is 0 Å². The number of aromatic nitrogens is 3. The van der Waals surface area contributed by atoms with Gasteiger partial charge in [-0.2, -0.15) is 5.10 Å².